The van der Waals surface area contributed by atoms with Crippen molar-refractivity contribution in [1.82, 2.24) is 0 Å². The zero-order valence-electron chi connectivity index (χ0n) is 9.17. The van der Waals surface area contributed by atoms with Crippen molar-refractivity contribution >= 4 is 15.9 Å². The van der Waals surface area contributed by atoms with Crippen LogP contribution in [0, 0.1) is 0 Å². The van der Waals surface area contributed by atoms with Gasteiger partial charge in [-0.1, -0.05) is 0 Å². The predicted octanol–water partition coefficient (Wildman–Crippen LogP) is 2.44. The summed E-state index contributed by atoms with van der Waals surface area (Å²) in [5.41, 5.74) is 6.35. The summed E-state index contributed by atoms with van der Waals surface area (Å²) >= 11 is 3.30. The molecule has 3 N–H and O–H groups in total. The van der Waals surface area contributed by atoms with Crippen LogP contribution in [0.2, 0.25) is 0 Å². The lowest BCUT2D eigenvalue weighted by Gasteiger charge is -2.19. The normalized spacial score (nSPS) is 11.5. The van der Waals surface area contributed by atoms with Crippen LogP contribution in [-0.2, 0) is 6.42 Å². The fourth-order valence-corrected chi connectivity index (χ4v) is 1.87. The molecule has 3 nitrogen and oxygen atoms in total. The Balaban J connectivity index is 3.08. The average Bonchev–Trinajstić information content (AvgIpc) is 2.07. The largest absolute Gasteiger partial charge is 0.508 e. The smallest absolute Gasteiger partial charge is 0.133 e. The predicted molar refractivity (Wildman–Crippen MR) is 64.3 cm³/mol. The summed E-state index contributed by atoms with van der Waals surface area (Å²) in [7, 11) is 1.59. The summed E-state index contributed by atoms with van der Waals surface area (Å²) < 4.78 is 5.89. The van der Waals surface area contributed by atoms with Gasteiger partial charge in [0, 0.05) is 5.54 Å². The number of hydrogen-bond donors (Lipinski definition) is 2. The molecule has 0 saturated heterocycles. The topological polar surface area (TPSA) is 55.5 Å². The number of phenolic OH excluding ortho intramolecular Hbond substituents is 1. The van der Waals surface area contributed by atoms with Crippen LogP contribution in [0.25, 0.3) is 0 Å². The molecule has 0 radical (unpaired) electrons. The van der Waals surface area contributed by atoms with Crippen molar-refractivity contribution in [3.63, 3.8) is 0 Å². The van der Waals surface area contributed by atoms with Gasteiger partial charge in [0.2, 0.25) is 0 Å². The van der Waals surface area contributed by atoms with E-state index in [0.29, 0.717) is 12.2 Å². The molecule has 0 fully saturated rings. The third-order valence-electron chi connectivity index (χ3n) is 2.00. The van der Waals surface area contributed by atoms with E-state index in [9.17, 15) is 5.11 Å². The summed E-state index contributed by atoms with van der Waals surface area (Å²) in [6.45, 7) is 3.84. The molecule has 0 aromatic heterocycles. The highest BCUT2D eigenvalue weighted by atomic mass is 79.9. The third-order valence-corrected chi connectivity index (χ3v) is 2.62. The van der Waals surface area contributed by atoms with Gasteiger partial charge in [-0.25, -0.2) is 0 Å². The van der Waals surface area contributed by atoms with Gasteiger partial charge in [0.15, 0.2) is 0 Å². The fourth-order valence-electron chi connectivity index (χ4n) is 1.37. The molecular weight excluding hydrogens is 258 g/mol. The molecule has 0 spiro atoms. The van der Waals surface area contributed by atoms with Crippen molar-refractivity contribution in [2.24, 2.45) is 5.73 Å². The maximum atomic E-state index is 9.73. The highest BCUT2D eigenvalue weighted by molar-refractivity contribution is 9.10. The Morgan fingerprint density at radius 1 is 1.47 bits per heavy atom. The molecule has 0 unspecified atom stereocenters. The molecule has 0 saturated carbocycles. The number of hydrogen-bond acceptors (Lipinski definition) is 3. The molecule has 0 atom stereocenters. The highest BCUT2D eigenvalue weighted by Crippen LogP contribution is 2.33. The number of rotatable bonds is 3. The van der Waals surface area contributed by atoms with Crippen molar-refractivity contribution < 1.29 is 9.84 Å². The van der Waals surface area contributed by atoms with Gasteiger partial charge in [0.25, 0.3) is 0 Å². The van der Waals surface area contributed by atoms with Gasteiger partial charge in [-0.2, -0.15) is 0 Å². The maximum Gasteiger partial charge on any atom is 0.133 e. The molecule has 0 amide bonds. The second kappa shape index (κ2) is 4.41. The van der Waals surface area contributed by atoms with E-state index in [2.05, 4.69) is 15.9 Å². The van der Waals surface area contributed by atoms with Crippen LogP contribution in [-0.4, -0.2) is 17.8 Å². The fraction of sp³-hybridized carbons (Fsp3) is 0.455. The first-order valence-electron chi connectivity index (χ1n) is 4.68. The Kier molecular flexibility index (Phi) is 3.62. The van der Waals surface area contributed by atoms with Crippen LogP contribution in [0.15, 0.2) is 16.6 Å². The van der Waals surface area contributed by atoms with E-state index in [1.54, 1.807) is 19.2 Å². The number of methoxy groups -OCH3 is 1. The summed E-state index contributed by atoms with van der Waals surface area (Å²) in [6, 6.07) is 3.42. The Morgan fingerprint density at radius 3 is 2.53 bits per heavy atom. The number of nitrogens with two attached hydrogens (primary N) is 1. The summed E-state index contributed by atoms with van der Waals surface area (Å²) in [4.78, 5) is 0. The molecule has 0 aliphatic rings. The Hall–Kier alpha value is -0.740. The van der Waals surface area contributed by atoms with Gasteiger partial charge in [0.1, 0.15) is 11.5 Å². The quantitative estimate of drug-likeness (QED) is 0.890. The summed E-state index contributed by atoms with van der Waals surface area (Å²) in [5, 5.41) is 9.73. The minimum Gasteiger partial charge on any atom is -0.508 e. The van der Waals surface area contributed by atoms with E-state index >= 15 is 0 Å². The summed E-state index contributed by atoms with van der Waals surface area (Å²) in [5.74, 6) is 0.938. The molecule has 0 heterocycles. The van der Waals surface area contributed by atoms with Gasteiger partial charge in [-0.3, -0.25) is 0 Å². The zero-order valence-corrected chi connectivity index (χ0v) is 10.8. The van der Waals surface area contributed by atoms with E-state index in [0.717, 1.165) is 10.0 Å². The second-order valence-electron chi connectivity index (χ2n) is 4.28. The lowest BCUT2D eigenvalue weighted by Crippen LogP contribution is -2.34. The standard InChI is InChI=1S/C11H16BrNO2/c1-11(2,13)6-7-4-10(15-3)8(12)5-9(7)14/h4-5,14H,6,13H2,1-3H3. The number of benzene rings is 1. The van der Waals surface area contributed by atoms with Gasteiger partial charge in [0.05, 0.1) is 11.6 Å². The number of halogens is 1. The van der Waals surface area contributed by atoms with E-state index < -0.39 is 0 Å². The van der Waals surface area contributed by atoms with Crippen molar-refractivity contribution in [1.29, 1.82) is 0 Å². The number of aromatic hydroxyl groups is 1. The summed E-state index contributed by atoms with van der Waals surface area (Å²) in [6.07, 6.45) is 0.600. The molecule has 0 aliphatic carbocycles. The van der Waals surface area contributed by atoms with Crippen LogP contribution in [0.5, 0.6) is 11.5 Å². The molecule has 4 heteroatoms. The van der Waals surface area contributed by atoms with Gasteiger partial charge in [-0.05, 0) is 53.9 Å². The Labute approximate surface area is 98.4 Å². The number of phenols is 1. The van der Waals surface area contributed by atoms with Crippen LogP contribution >= 0.6 is 15.9 Å². The first-order valence-corrected chi connectivity index (χ1v) is 5.47. The maximum absolute atomic E-state index is 9.73. The third kappa shape index (κ3) is 3.39. The van der Waals surface area contributed by atoms with Gasteiger partial charge < -0.3 is 15.6 Å². The second-order valence-corrected chi connectivity index (χ2v) is 5.14. The molecule has 0 aliphatic heterocycles. The highest BCUT2D eigenvalue weighted by Gasteiger charge is 2.16. The molecule has 1 rings (SSSR count). The first-order chi connectivity index (χ1) is 6.83. The van der Waals surface area contributed by atoms with Crippen molar-refractivity contribution in [3.8, 4) is 11.5 Å². The molecule has 0 bridgehead atoms. The van der Waals surface area contributed by atoms with Crippen molar-refractivity contribution in [3.05, 3.63) is 22.2 Å². The van der Waals surface area contributed by atoms with E-state index in [-0.39, 0.29) is 11.3 Å². The lowest BCUT2D eigenvalue weighted by atomic mass is 9.95. The lowest BCUT2D eigenvalue weighted by molar-refractivity contribution is 0.405. The van der Waals surface area contributed by atoms with Crippen LogP contribution in [0.4, 0.5) is 0 Å². The van der Waals surface area contributed by atoms with E-state index in [1.807, 2.05) is 13.8 Å². The van der Waals surface area contributed by atoms with Crippen LogP contribution in [0.1, 0.15) is 19.4 Å². The van der Waals surface area contributed by atoms with E-state index in [4.69, 9.17) is 10.5 Å². The van der Waals surface area contributed by atoms with Crippen molar-refractivity contribution in [2.75, 3.05) is 7.11 Å². The van der Waals surface area contributed by atoms with Crippen LogP contribution < -0.4 is 10.5 Å². The Bertz CT molecular complexity index is 358. The SMILES string of the molecule is COc1cc(CC(C)(C)N)c(O)cc1Br. The molecular formula is C11H16BrNO2. The zero-order chi connectivity index (χ0) is 11.6. The molecule has 84 valence electrons. The van der Waals surface area contributed by atoms with Crippen molar-refractivity contribution in [2.45, 2.75) is 25.8 Å². The van der Waals surface area contributed by atoms with Gasteiger partial charge >= 0.3 is 0 Å². The number of ether oxygens (including phenoxy) is 1. The Morgan fingerprint density at radius 2 is 2.07 bits per heavy atom. The molecule has 15 heavy (non-hydrogen) atoms. The first kappa shape index (κ1) is 12.3. The average molecular weight is 274 g/mol. The van der Waals surface area contributed by atoms with E-state index in [1.165, 1.54) is 0 Å². The monoisotopic (exact) mass is 273 g/mol. The minimum absolute atomic E-state index is 0.237. The van der Waals surface area contributed by atoms with Gasteiger partial charge in [-0.15, -0.1) is 0 Å². The minimum atomic E-state index is -0.351. The molecule has 1 aromatic carbocycles. The van der Waals surface area contributed by atoms with Crippen LogP contribution in [0.3, 0.4) is 0 Å². The molecule has 1 aromatic rings.